The second-order valence-corrected chi connectivity index (χ2v) is 3.41. The predicted octanol–water partition coefficient (Wildman–Crippen LogP) is 1.27. The van der Waals surface area contributed by atoms with Crippen molar-refractivity contribution in [3.05, 3.63) is 41.6 Å². The number of hydrazine groups is 1. The van der Waals surface area contributed by atoms with Crippen LogP contribution in [0.3, 0.4) is 0 Å². The van der Waals surface area contributed by atoms with E-state index in [0.717, 1.165) is 5.69 Å². The van der Waals surface area contributed by atoms with Gasteiger partial charge in [0.2, 0.25) is 0 Å². The molecule has 78 valence electrons. The van der Waals surface area contributed by atoms with Gasteiger partial charge in [-0.2, -0.15) is 0 Å². The highest BCUT2D eigenvalue weighted by atomic mass is 35.5. The average molecular weight is 224 g/mol. The average Bonchev–Trinajstić information content (AvgIpc) is 2.74. The second-order valence-electron chi connectivity index (χ2n) is 3.00. The molecule has 0 bridgehead atoms. The Balaban J connectivity index is 2.27. The van der Waals surface area contributed by atoms with Crippen LogP contribution in [0.15, 0.2) is 30.9 Å². The van der Waals surface area contributed by atoms with Crippen LogP contribution in [0, 0.1) is 0 Å². The molecule has 3 N–H and O–H groups in total. The van der Waals surface area contributed by atoms with Crippen molar-refractivity contribution >= 4 is 17.4 Å². The van der Waals surface area contributed by atoms with E-state index in [1.165, 1.54) is 0 Å². The van der Waals surface area contributed by atoms with E-state index in [0.29, 0.717) is 17.4 Å². The minimum absolute atomic E-state index is 0.578. The smallest absolute Gasteiger partial charge is 0.140 e. The van der Waals surface area contributed by atoms with Crippen molar-refractivity contribution in [1.82, 2.24) is 14.5 Å². The topological polar surface area (TPSA) is 68.8 Å². The number of pyridine rings is 1. The zero-order valence-electron chi connectivity index (χ0n) is 7.89. The Morgan fingerprint density at radius 1 is 1.47 bits per heavy atom. The minimum atomic E-state index is 0.578. The molecule has 2 rings (SSSR count). The van der Waals surface area contributed by atoms with Gasteiger partial charge in [0.1, 0.15) is 5.82 Å². The fourth-order valence-electron chi connectivity index (χ4n) is 1.23. The quantitative estimate of drug-likeness (QED) is 0.607. The maximum absolute atomic E-state index is 6.01. The molecule has 0 fully saturated rings. The number of nitrogen functional groups attached to an aromatic ring is 1. The molecule has 0 radical (unpaired) electrons. The number of anilines is 1. The van der Waals surface area contributed by atoms with Crippen LogP contribution in [-0.4, -0.2) is 14.5 Å². The maximum Gasteiger partial charge on any atom is 0.140 e. The summed E-state index contributed by atoms with van der Waals surface area (Å²) in [7, 11) is 0. The molecular weight excluding hydrogens is 214 g/mol. The summed E-state index contributed by atoms with van der Waals surface area (Å²) in [6.45, 7) is 0.578. The van der Waals surface area contributed by atoms with Gasteiger partial charge in [-0.25, -0.2) is 15.8 Å². The molecule has 0 aliphatic carbocycles. The summed E-state index contributed by atoms with van der Waals surface area (Å²) in [5.74, 6) is 5.86. The first-order valence-corrected chi connectivity index (χ1v) is 4.75. The number of nitrogens with one attached hydrogen (secondary N) is 1. The molecule has 5 nitrogen and oxygen atoms in total. The van der Waals surface area contributed by atoms with E-state index in [1.807, 2.05) is 10.8 Å². The first kappa shape index (κ1) is 9.95. The molecule has 0 spiro atoms. The van der Waals surface area contributed by atoms with E-state index in [4.69, 9.17) is 17.4 Å². The fraction of sp³-hybridized carbons (Fsp3) is 0.111. The molecule has 0 aliphatic rings. The van der Waals surface area contributed by atoms with Crippen molar-refractivity contribution < 1.29 is 0 Å². The fourth-order valence-corrected chi connectivity index (χ4v) is 1.39. The molecule has 6 heteroatoms. The van der Waals surface area contributed by atoms with Crippen molar-refractivity contribution in [3.8, 4) is 0 Å². The van der Waals surface area contributed by atoms with Gasteiger partial charge in [-0.15, -0.1) is 0 Å². The molecule has 0 atom stereocenters. The van der Waals surface area contributed by atoms with Crippen molar-refractivity contribution in [3.63, 3.8) is 0 Å². The third-order valence-corrected chi connectivity index (χ3v) is 2.30. The Morgan fingerprint density at radius 3 is 3.00 bits per heavy atom. The molecule has 0 saturated heterocycles. The lowest BCUT2D eigenvalue weighted by Crippen LogP contribution is -2.10. The molecule has 2 heterocycles. The van der Waals surface area contributed by atoms with Crippen LogP contribution in [-0.2, 0) is 6.54 Å². The number of nitrogens with two attached hydrogens (primary N) is 1. The van der Waals surface area contributed by atoms with Crippen LogP contribution in [0.1, 0.15) is 5.69 Å². The van der Waals surface area contributed by atoms with Gasteiger partial charge in [0.25, 0.3) is 0 Å². The SMILES string of the molecule is NNc1ccc(Cl)c(Cn2ccnc2)n1. The van der Waals surface area contributed by atoms with Gasteiger partial charge in [-0.1, -0.05) is 11.6 Å². The van der Waals surface area contributed by atoms with E-state index < -0.39 is 0 Å². The molecule has 0 saturated carbocycles. The summed E-state index contributed by atoms with van der Waals surface area (Å²) in [6.07, 6.45) is 5.26. The summed E-state index contributed by atoms with van der Waals surface area (Å²) in [5, 5.41) is 0.614. The summed E-state index contributed by atoms with van der Waals surface area (Å²) in [6, 6.07) is 3.48. The van der Waals surface area contributed by atoms with Crippen LogP contribution in [0.4, 0.5) is 5.82 Å². The standard InChI is InChI=1S/C9H10ClN5/c10-7-1-2-9(14-11)13-8(7)5-15-4-3-12-6-15/h1-4,6H,5,11H2,(H,13,14). The number of nitrogens with zero attached hydrogens (tertiary/aromatic N) is 3. The minimum Gasteiger partial charge on any atom is -0.331 e. The van der Waals surface area contributed by atoms with Gasteiger partial charge < -0.3 is 9.99 Å². The predicted molar refractivity (Wildman–Crippen MR) is 58.4 cm³/mol. The molecule has 2 aromatic rings. The lowest BCUT2D eigenvalue weighted by molar-refractivity contribution is 0.774. The molecule has 0 unspecified atom stereocenters. The van der Waals surface area contributed by atoms with Gasteiger partial charge in [0.05, 0.1) is 23.6 Å². The van der Waals surface area contributed by atoms with Crippen LogP contribution in [0.25, 0.3) is 0 Å². The second kappa shape index (κ2) is 4.29. The highest BCUT2D eigenvalue weighted by Crippen LogP contribution is 2.17. The zero-order valence-corrected chi connectivity index (χ0v) is 8.65. The first-order valence-electron chi connectivity index (χ1n) is 4.37. The molecule has 0 amide bonds. The van der Waals surface area contributed by atoms with Crippen LogP contribution >= 0.6 is 11.6 Å². The van der Waals surface area contributed by atoms with Crippen molar-refractivity contribution in [2.24, 2.45) is 5.84 Å². The number of aromatic nitrogens is 3. The maximum atomic E-state index is 6.01. The van der Waals surface area contributed by atoms with E-state index in [9.17, 15) is 0 Å². The number of imidazole rings is 1. The highest BCUT2D eigenvalue weighted by Gasteiger charge is 2.03. The molecule has 15 heavy (non-hydrogen) atoms. The lowest BCUT2D eigenvalue weighted by atomic mass is 10.3. The van der Waals surface area contributed by atoms with E-state index in [-0.39, 0.29) is 0 Å². The van der Waals surface area contributed by atoms with Gasteiger partial charge in [-0.05, 0) is 12.1 Å². The van der Waals surface area contributed by atoms with Crippen LogP contribution < -0.4 is 11.3 Å². The molecule has 0 aliphatic heterocycles. The zero-order chi connectivity index (χ0) is 10.7. The van der Waals surface area contributed by atoms with Gasteiger partial charge >= 0.3 is 0 Å². The van der Waals surface area contributed by atoms with E-state index in [1.54, 1.807) is 24.7 Å². The van der Waals surface area contributed by atoms with Crippen molar-refractivity contribution in [1.29, 1.82) is 0 Å². The summed E-state index contributed by atoms with van der Waals surface area (Å²) >= 11 is 6.01. The Labute approximate surface area is 91.9 Å². The Kier molecular flexibility index (Phi) is 2.84. The Bertz CT molecular complexity index is 440. The van der Waals surface area contributed by atoms with Gasteiger partial charge in [-0.3, -0.25) is 0 Å². The lowest BCUT2D eigenvalue weighted by Gasteiger charge is -2.06. The number of hydrogen-bond acceptors (Lipinski definition) is 4. The van der Waals surface area contributed by atoms with E-state index in [2.05, 4.69) is 15.4 Å². The molecular formula is C9H10ClN5. The van der Waals surface area contributed by atoms with E-state index >= 15 is 0 Å². The van der Waals surface area contributed by atoms with Gasteiger partial charge in [0.15, 0.2) is 0 Å². The van der Waals surface area contributed by atoms with Crippen LogP contribution in [0.5, 0.6) is 0 Å². The number of halogens is 1. The first-order chi connectivity index (χ1) is 7.29. The van der Waals surface area contributed by atoms with Crippen LogP contribution in [0.2, 0.25) is 5.02 Å². The summed E-state index contributed by atoms with van der Waals surface area (Å²) < 4.78 is 1.88. The normalized spacial score (nSPS) is 10.3. The third-order valence-electron chi connectivity index (χ3n) is 1.96. The van der Waals surface area contributed by atoms with Gasteiger partial charge in [0, 0.05) is 12.4 Å². The number of hydrogen-bond donors (Lipinski definition) is 2. The molecule has 2 aromatic heterocycles. The third kappa shape index (κ3) is 2.26. The number of rotatable bonds is 3. The molecule has 0 aromatic carbocycles. The largest absolute Gasteiger partial charge is 0.331 e. The Hall–Kier alpha value is -1.59. The summed E-state index contributed by atoms with van der Waals surface area (Å²) in [5.41, 5.74) is 3.23. The van der Waals surface area contributed by atoms with Crippen molar-refractivity contribution in [2.45, 2.75) is 6.54 Å². The Morgan fingerprint density at radius 2 is 2.33 bits per heavy atom. The highest BCUT2D eigenvalue weighted by molar-refractivity contribution is 6.31. The summed E-state index contributed by atoms with van der Waals surface area (Å²) in [4.78, 5) is 8.19. The monoisotopic (exact) mass is 223 g/mol. The van der Waals surface area contributed by atoms with Crippen molar-refractivity contribution in [2.75, 3.05) is 5.43 Å².